The van der Waals surface area contributed by atoms with Gasteiger partial charge in [0.25, 0.3) is 0 Å². The third-order valence-corrected chi connectivity index (χ3v) is 2.45. The van der Waals surface area contributed by atoms with Gasteiger partial charge in [-0.3, -0.25) is 4.79 Å². The van der Waals surface area contributed by atoms with Gasteiger partial charge in [0, 0.05) is 11.6 Å². The van der Waals surface area contributed by atoms with Crippen LogP contribution in [-0.2, 0) is 9.53 Å². The van der Waals surface area contributed by atoms with Crippen molar-refractivity contribution in [3.63, 3.8) is 0 Å². The molecule has 1 atom stereocenters. The van der Waals surface area contributed by atoms with E-state index < -0.39 is 0 Å². The van der Waals surface area contributed by atoms with E-state index in [2.05, 4.69) is 4.74 Å². The van der Waals surface area contributed by atoms with Crippen LogP contribution in [0.3, 0.4) is 0 Å². The van der Waals surface area contributed by atoms with Gasteiger partial charge in [0.2, 0.25) is 0 Å². The maximum Gasteiger partial charge on any atom is 0.308 e. The topological polar surface area (TPSA) is 61.5 Å². The lowest BCUT2D eigenvalue weighted by atomic mass is 10.1. The molecule has 0 fully saturated rings. The lowest BCUT2D eigenvalue weighted by Crippen LogP contribution is -2.11. The van der Waals surface area contributed by atoms with Crippen molar-refractivity contribution in [2.24, 2.45) is 5.73 Å². The molecule has 0 spiro atoms. The minimum absolute atomic E-state index is 0.0938. The molecule has 0 aliphatic carbocycles. The standard InChI is InChI=1S/C13H19NO3/c1-9-4-5-11(10(2)14)12(8-9)17-7-6-13(15)16-3/h4-5,8,10H,6-7,14H2,1-3H3/t10-/m0/s1. The normalized spacial score (nSPS) is 12.0. The van der Waals surface area contributed by atoms with Gasteiger partial charge in [-0.1, -0.05) is 12.1 Å². The lowest BCUT2D eigenvalue weighted by Gasteiger charge is -2.14. The van der Waals surface area contributed by atoms with Crippen LogP contribution in [0.5, 0.6) is 5.75 Å². The average Bonchev–Trinajstić information content (AvgIpc) is 2.28. The maximum atomic E-state index is 11.0. The van der Waals surface area contributed by atoms with Crippen molar-refractivity contribution in [3.8, 4) is 5.75 Å². The number of hydrogen-bond acceptors (Lipinski definition) is 4. The van der Waals surface area contributed by atoms with Crippen LogP contribution in [0.2, 0.25) is 0 Å². The summed E-state index contributed by atoms with van der Waals surface area (Å²) in [6.07, 6.45) is 0.239. The molecule has 94 valence electrons. The monoisotopic (exact) mass is 237 g/mol. The first kappa shape index (κ1) is 13.5. The summed E-state index contributed by atoms with van der Waals surface area (Å²) in [5, 5.41) is 0. The first-order chi connectivity index (χ1) is 8.04. The van der Waals surface area contributed by atoms with Crippen molar-refractivity contribution in [1.29, 1.82) is 0 Å². The second-order valence-corrected chi connectivity index (χ2v) is 4.00. The van der Waals surface area contributed by atoms with Crippen molar-refractivity contribution >= 4 is 5.97 Å². The molecule has 0 radical (unpaired) electrons. The highest BCUT2D eigenvalue weighted by atomic mass is 16.5. The van der Waals surface area contributed by atoms with Crippen LogP contribution in [0.25, 0.3) is 0 Å². The number of esters is 1. The van der Waals surface area contributed by atoms with E-state index in [-0.39, 0.29) is 18.4 Å². The highest BCUT2D eigenvalue weighted by molar-refractivity contribution is 5.69. The van der Waals surface area contributed by atoms with E-state index in [9.17, 15) is 4.79 Å². The molecule has 0 aromatic heterocycles. The van der Waals surface area contributed by atoms with Gasteiger partial charge in [-0.25, -0.2) is 0 Å². The molecule has 0 saturated carbocycles. The molecule has 0 saturated heterocycles. The number of rotatable bonds is 5. The molecule has 4 heteroatoms. The summed E-state index contributed by atoms with van der Waals surface area (Å²) in [5.41, 5.74) is 7.90. The number of ether oxygens (including phenoxy) is 2. The van der Waals surface area contributed by atoms with Crippen LogP contribution in [0, 0.1) is 6.92 Å². The quantitative estimate of drug-likeness (QED) is 0.795. The number of carbonyl (C=O) groups is 1. The van der Waals surface area contributed by atoms with Gasteiger partial charge >= 0.3 is 5.97 Å². The second-order valence-electron chi connectivity index (χ2n) is 4.00. The number of aryl methyl sites for hydroxylation is 1. The summed E-state index contributed by atoms with van der Waals surface area (Å²) in [6.45, 7) is 4.19. The van der Waals surface area contributed by atoms with Crippen LogP contribution in [0.15, 0.2) is 18.2 Å². The van der Waals surface area contributed by atoms with Crippen LogP contribution in [0.4, 0.5) is 0 Å². The Hall–Kier alpha value is -1.55. The smallest absolute Gasteiger partial charge is 0.308 e. The fraction of sp³-hybridized carbons (Fsp3) is 0.462. The molecule has 4 nitrogen and oxygen atoms in total. The first-order valence-corrected chi connectivity index (χ1v) is 5.60. The molecule has 2 N–H and O–H groups in total. The third kappa shape index (κ3) is 4.07. The number of carbonyl (C=O) groups excluding carboxylic acids is 1. The van der Waals surface area contributed by atoms with Gasteiger partial charge in [0.05, 0.1) is 20.1 Å². The molecule has 0 aliphatic rings. The zero-order valence-electron chi connectivity index (χ0n) is 10.5. The Bertz CT molecular complexity index is 388. The van der Waals surface area contributed by atoms with Crippen LogP contribution < -0.4 is 10.5 Å². The van der Waals surface area contributed by atoms with E-state index in [1.807, 2.05) is 32.0 Å². The van der Waals surface area contributed by atoms with Crippen molar-refractivity contribution in [2.75, 3.05) is 13.7 Å². The minimum atomic E-state index is -0.278. The molecular weight excluding hydrogens is 218 g/mol. The van der Waals surface area contributed by atoms with E-state index in [1.165, 1.54) is 7.11 Å². The molecule has 0 heterocycles. The summed E-state index contributed by atoms with van der Waals surface area (Å²) in [4.78, 5) is 11.0. The number of benzene rings is 1. The Balaban J connectivity index is 2.68. The lowest BCUT2D eigenvalue weighted by molar-refractivity contribution is -0.141. The Kier molecular flexibility index (Phi) is 4.97. The Morgan fingerprint density at radius 2 is 2.18 bits per heavy atom. The molecule has 1 rings (SSSR count). The van der Waals surface area contributed by atoms with Gasteiger partial charge < -0.3 is 15.2 Å². The summed E-state index contributed by atoms with van der Waals surface area (Å²) in [6, 6.07) is 5.78. The zero-order chi connectivity index (χ0) is 12.8. The summed E-state index contributed by atoms with van der Waals surface area (Å²) in [5.74, 6) is 0.462. The molecule has 17 heavy (non-hydrogen) atoms. The molecule has 0 amide bonds. The zero-order valence-corrected chi connectivity index (χ0v) is 10.5. The van der Waals surface area contributed by atoms with Crippen LogP contribution in [0.1, 0.15) is 30.5 Å². The predicted octanol–water partition coefficient (Wildman–Crippen LogP) is 1.96. The molecule has 0 aliphatic heterocycles. The Morgan fingerprint density at radius 3 is 2.76 bits per heavy atom. The molecule has 0 bridgehead atoms. The largest absolute Gasteiger partial charge is 0.493 e. The Labute approximate surface area is 102 Å². The SMILES string of the molecule is COC(=O)CCOc1cc(C)ccc1[C@H](C)N. The van der Waals surface area contributed by atoms with Gasteiger partial charge in [-0.2, -0.15) is 0 Å². The second kappa shape index (κ2) is 6.25. The molecular formula is C13H19NO3. The van der Waals surface area contributed by atoms with Gasteiger partial charge in [-0.05, 0) is 25.5 Å². The van der Waals surface area contributed by atoms with Crippen molar-refractivity contribution in [3.05, 3.63) is 29.3 Å². The van der Waals surface area contributed by atoms with Gasteiger partial charge in [0.15, 0.2) is 0 Å². The number of hydrogen-bond donors (Lipinski definition) is 1. The van der Waals surface area contributed by atoms with Crippen molar-refractivity contribution in [1.82, 2.24) is 0 Å². The van der Waals surface area contributed by atoms with Gasteiger partial charge in [0.1, 0.15) is 5.75 Å². The van der Waals surface area contributed by atoms with Crippen molar-refractivity contribution < 1.29 is 14.3 Å². The summed E-state index contributed by atoms with van der Waals surface area (Å²) < 4.78 is 10.1. The Morgan fingerprint density at radius 1 is 1.47 bits per heavy atom. The summed E-state index contributed by atoms with van der Waals surface area (Å²) in [7, 11) is 1.36. The predicted molar refractivity (Wildman–Crippen MR) is 65.9 cm³/mol. The highest BCUT2D eigenvalue weighted by Crippen LogP contribution is 2.25. The minimum Gasteiger partial charge on any atom is -0.493 e. The van der Waals surface area contributed by atoms with E-state index in [4.69, 9.17) is 10.5 Å². The molecule has 0 unspecified atom stereocenters. The summed E-state index contributed by atoms with van der Waals surface area (Å²) >= 11 is 0. The first-order valence-electron chi connectivity index (χ1n) is 5.60. The number of methoxy groups -OCH3 is 1. The van der Waals surface area contributed by atoms with E-state index >= 15 is 0 Å². The van der Waals surface area contributed by atoms with Gasteiger partial charge in [-0.15, -0.1) is 0 Å². The van der Waals surface area contributed by atoms with Crippen LogP contribution in [-0.4, -0.2) is 19.7 Å². The third-order valence-electron chi connectivity index (χ3n) is 2.45. The fourth-order valence-electron chi connectivity index (χ4n) is 1.49. The van der Waals surface area contributed by atoms with E-state index in [0.29, 0.717) is 6.61 Å². The van der Waals surface area contributed by atoms with Crippen molar-refractivity contribution in [2.45, 2.75) is 26.3 Å². The molecule has 1 aromatic rings. The van der Waals surface area contributed by atoms with E-state index in [1.54, 1.807) is 0 Å². The average molecular weight is 237 g/mol. The highest BCUT2D eigenvalue weighted by Gasteiger charge is 2.09. The fourth-order valence-corrected chi connectivity index (χ4v) is 1.49. The number of nitrogens with two attached hydrogens (primary N) is 1. The van der Waals surface area contributed by atoms with Crippen LogP contribution >= 0.6 is 0 Å². The van der Waals surface area contributed by atoms with E-state index in [0.717, 1.165) is 16.9 Å². The maximum absolute atomic E-state index is 11.0. The molecule has 1 aromatic carbocycles.